The first-order chi connectivity index (χ1) is 15.2. The fourth-order valence-electron chi connectivity index (χ4n) is 3.29. The predicted octanol–water partition coefficient (Wildman–Crippen LogP) is 4.97. The molecule has 4 rings (SSSR count). The third-order valence-electron chi connectivity index (χ3n) is 4.79. The lowest BCUT2D eigenvalue weighted by molar-refractivity contribution is 0.102. The van der Waals surface area contributed by atoms with Crippen LogP contribution in [0.15, 0.2) is 65.6 Å². The number of amides is 1. The second-order valence-electron chi connectivity index (χ2n) is 7.27. The van der Waals surface area contributed by atoms with Crippen LogP contribution in [0.3, 0.4) is 0 Å². The van der Waals surface area contributed by atoms with Gasteiger partial charge >= 0.3 is 0 Å². The minimum atomic E-state index is -3.81. The normalized spacial score (nSPS) is 11.3. The number of nitrogens with one attached hydrogen (secondary N) is 2. The molecule has 9 heteroatoms. The Hall–Kier alpha value is -3.43. The summed E-state index contributed by atoms with van der Waals surface area (Å²) in [4.78, 5) is 17.4. The third-order valence-corrected chi connectivity index (χ3v) is 7.31. The van der Waals surface area contributed by atoms with Crippen molar-refractivity contribution in [3.05, 3.63) is 77.4 Å². The van der Waals surface area contributed by atoms with E-state index in [1.165, 1.54) is 36.6 Å². The first-order valence-electron chi connectivity index (χ1n) is 9.71. The number of sulfonamides is 1. The summed E-state index contributed by atoms with van der Waals surface area (Å²) in [5.74, 6) is 0.187. The van der Waals surface area contributed by atoms with Crippen LogP contribution in [-0.4, -0.2) is 26.4 Å². The van der Waals surface area contributed by atoms with E-state index in [4.69, 9.17) is 4.74 Å². The van der Waals surface area contributed by atoms with Crippen LogP contribution >= 0.6 is 11.3 Å². The number of nitrogens with zero attached hydrogens (tertiary/aromatic N) is 1. The molecule has 0 radical (unpaired) electrons. The molecule has 0 aliphatic carbocycles. The number of rotatable bonds is 6. The molecule has 0 bridgehead atoms. The average molecular weight is 468 g/mol. The SMILES string of the molecule is COc1ccc(S(=O)(=O)Nc2cccc(C(=O)Nc3nc4cc(C)cc(C)c4s3)c2)cc1. The Morgan fingerprint density at radius 3 is 2.50 bits per heavy atom. The largest absolute Gasteiger partial charge is 0.497 e. The molecule has 0 aliphatic heterocycles. The van der Waals surface area contributed by atoms with Crippen LogP contribution in [0.25, 0.3) is 10.2 Å². The molecular formula is C23H21N3O4S2. The van der Waals surface area contributed by atoms with E-state index in [0.29, 0.717) is 16.4 Å². The number of hydrogen-bond donors (Lipinski definition) is 2. The maximum Gasteiger partial charge on any atom is 0.261 e. The highest BCUT2D eigenvalue weighted by atomic mass is 32.2. The maximum atomic E-state index is 12.8. The standard InChI is InChI=1S/C23H21N3O4S2/c1-14-11-15(2)21-20(12-14)24-23(31-21)25-22(27)16-5-4-6-17(13-16)26-32(28,29)19-9-7-18(30-3)8-10-19/h4-13,26H,1-3H3,(H,24,25,27). The number of hydrogen-bond acceptors (Lipinski definition) is 6. The number of anilines is 2. The zero-order chi connectivity index (χ0) is 22.9. The van der Waals surface area contributed by atoms with Crippen molar-refractivity contribution in [1.82, 2.24) is 4.98 Å². The number of aromatic nitrogens is 1. The number of ether oxygens (including phenoxy) is 1. The van der Waals surface area contributed by atoms with Crippen LogP contribution in [-0.2, 0) is 10.0 Å². The van der Waals surface area contributed by atoms with Crippen LogP contribution in [0.5, 0.6) is 5.75 Å². The Bertz CT molecular complexity index is 1410. The molecule has 0 aliphatic rings. The molecule has 0 atom stereocenters. The molecule has 0 saturated carbocycles. The van der Waals surface area contributed by atoms with Crippen molar-refractivity contribution >= 4 is 48.3 Å². The van der Waals surface area contributed by atoms with Gasteiger partial charge in [0.05, 0.1) is 22.2 Å². The molecule has 0 unspecified atom stereocenters. The van der Waals surface area contributed by atoms with E-state index in [9.17, 15) is 13.2 Å². The van der Waals surface area contributed by atoms with E-state index in [1.54, 1.807) is 30.3 Å². The van der Waals surface area contributed by atoms with Gasteiger partial charge in [-0.25, -0.2) is 13.4 Å². The van der Waals surface area contributed by atoms with Crippen LogP contribution in [0.4, 0.5) is 10.8 Å². The van der Waals surface area contributed by atoms with E-state index < -0.39 is 10.0 Å². The van der Waals surface area contributed by atoms with Crippen molar-refractivity contribution in [3.8, 4) is 5.75 Å². The number of methoxy groups -OCH3 is 1. The van der Waals surface area contributed by atoms with Crippen molar-refractivity contribution in [1.29, 1.82) is 0 Å². The molecule has 0 spiro atoms. The Morgan fingerprint density at radius 2 is 1.78 bits per heavy atom. The van der Waals surface area contributed by atoms with Gasteiger partial charge in [0.2, 0.25) is 0 Å². The van der Waals surface area contributed by atoms with Gasteiger partial charge in [-0.05, 0) is 73.5 Å². The maximum absolute atomic E-state index is 12.8. The average Bonchev–Trinajstić information content (AvgIpc) is 3.16. The van der Waals surface area contributed by atoms with Crippen molar-refractivity contribution < 1.29 is 17.9 Å². The highest BCUT2D eigenvalue weighted by molar-refractivity contribution is 7.92. The molecule has 3 aromatic carbocycles. The van der Waals surface area contributed by atoms with Crippen molar-refractivity contribution in [2.24, 2.45) is 0 Å². The summed E-state index contributed by atoms with van der Waals surface area (Å²) in [6.45, 7) is 4.01. The molecule has 0 saturated heterocycles. The smallest absolute Gasteiger partial charge is 0.261 e. The molecular weight excluding hydrogens is 446 g/mol. The molecule has 0 fully saturated rings. The zero-order valence-corrected chi connectivity index (χ0v) is 19.3. The van der Waals surface area contributed by atoms with Crippen LogP contribution in [0.2, 0.25) is 0 Å². The van der Waals surface area contributed by atoms with Gasteiger partial charge in [-0.1, -0.05) is 23.5 Å². The summed E-state index contributed by atoms with van der Waals surface area (Å²) in [7, 11) is -2.30. The number of benzene rings is 3. The Morgan fingerprint density at radius 1 is 1.03 bits per heavy atom. The molecule has 1 amide bonds. The van der Waals surface area contributed by atoms with E-state index in [1.807, 2.05) is 19.9 Å². The molecule has 1 aromatic heterocycles. The van der Waals surface area contributed by atoms with Crippen LogP contribution < -0.4 is 14.8 Å². The first kappa shape index (κ1) is 21.8. The summed E-state index contributed by atoms with van der Waals surface area (Å²) in [5, 5.41) is 3.29. The highest BCUT2D eigenvalue weighted by Gasteiger charge is 2.16. The molecule has 164 valence electrons. The summed E-state index contributed by atoms with van der Waals surface area (Å²) in [6, 6.07) is 16.4. The van der Waals surface area contributed by atoms with Gasteiger partial charge in [0, 0.05) is 11.3 Å². The Balaban J connectivity index is 1.53. The number of fused-ring (bicyclic) bond motifs is 1. The summed E-state index contributed by atoms with van der Waals surface area (Å²) < 4.78 is 33.9. The van der Waals surface area contributed by atoms with E-state index in [-0.39, 0.29) is 16.5 Å². The monoisotopic (exact) mass is 467 g/mol. The summed E-state index contributed by atoms with van der Waals surface area (Å²) in [5.41, 5.74) is 3.64. The van der Waals surface area contributed by atoms with E-state index >= 15 is 0 Å². The molecule has 4 aromatic rings. The predicted molar refractivity (Wildman–Crippen MR) is 127 cm³/mol. The quantitative estimate of drug-likeness (QED) is 0.417. The lowest BCUT2D eigenvalue weighted by atomic mass is 10.1. The first-order valence-corrected chi connectivity index (χ1v) is 12.0. The van der Waals surface area contributed by atoms with Crippen molar-refractivity contribution in [3.63, 3.8) is 0 Å². The van der Waals surface area contributed by atoms with Gasteiger partial charge in [0.1, 0.15) is 5.75 Å². The summed E-state index contributed by atoms with van der Waals surface area (Å²) >= 11 is 1.41. The summed E-state index contributed by atoms with van der Waals surface area (Å²) in [6.07, 6.45) is 0. The number of thiazole rings is 1. The van der Waals surface area contributed by atoms with E-state index in [2.05, 4.69) is 21.1 Å². The van der Waals surface area contributed by atoms with Gasteiger partial charge in [0.15, 0.2) is 5.13 Å². The highest BCUT2D eigenvalue weighted by Crippen LogP contribution is 2.30. The minimum absolute atomic E-state index is 0.0910. The molecule has 7 nitrogen and oxygen atoms in total. The van der Waals surface area contributed by atoms with Crippen molar-refractivity contribution in [2.75, 3.05) is 17.1 Å². The van der Waals surface area contributed by atoms with Gasteiger partial charge in [-0.2, -0.15) is 0 Å². The van der Waals surface area contributed by atoms with Gasteiger partial charge in [0.25, 0.3) is 15.9 Å². The Kier molecular flexibility index (Phi) is 5.86. The van der Waals surface area contributed by atoms with Crippen LogP contribution in [0.1, 0.15) is 21.5 Å². The number of carbonyl (C=O) groups is 1. The number of aryl methyl sites for hydroxylation is 2. The topological polar surface area (TPSA) is 97.4 Å². The van der Waals surface area contributed by atoms with Crippen molar-refractivity contribution in [2.45, 2.75) is 18.7 Å². The molecule has 32 heavy (non-hydrogen) atoms. The van der Waals surface area contributed by atoms with Gasteiger partial charge in [-0.3, -0.25) is 14.8 Å². The zero-order valence-electron chi connectivity index (χ0n) is 17.7. The van der Waals surface area contributed by atoms with E-state index in [0.717, 1.165) is 21.3 Å². The molecule has 1 heterocycles. The van der Waals surface area contributed by atoms with Gasteiger partial charge in [-0.15, -0.1) is 0 Å². The number of carbonyl (C=O) groups excluding carboxylic acids is 1. The van der Waals surface area contributed by atoms with Gasteiger partial charge < -0.3 is 4.74 Å². The molecule has 2 N–H and O–H groups in total. The second kappa shape index (κ2) is 8.60. The Labute approximate surface area is 190 Å². The lowest BCUT2D eigenvalue weighted by Gasteiger charge is -2.10. The van der Waals surface area contributed by atoms with Crippen LogP contribution in [0, 0.1) is 13.8 Å². The second-order valence-corrected chi connectivity index (χ2v) is 9.95. The fraction of sp³-hybridized carbons (Fsp3) is 0.130. The lowest BCUT2D eigenvalue weighted by Crippen LogP contribution is -2.15. The fourth-order valence-corrected chi connectivity index (χ4v) is 5.25. The minimum Gasteiger partial charge on any atom is -0.497 e. The third kappa shape index (κ3) is 4.58.